The van der Waals surface area contributed by atoms with E-state index in [1.165, 1.54) is 28.2 Å². The van der Waals surface area contributed by atoms with Crippen LogP contribution in [0.3, 0.4) is 0 Å². The molecule has 2 heterocycles. The minimum Gasteiger partial charge on any atom is -0.494 e. The fourth-order valence-corrected chi connectivity index (χ4v) is 2.03. The molecular weight excluding hydrogens is 322 g/mol. The molecule has 2 aromatic heterocycles. The van der Waals surface area contributed by atoms with Crippen LogP contribution < -0.4 is 22.5 Å². The average Bonchev–Trinajstić information content (AvgIpc) is 2.57. The van der Waals surface area contributed by atoms with Crippen LogP contribution in [0.1, 0.15) is 5.56 Å². The Morgan fingerprint density at radius 3 is 1.75 bits per heavy atom. The van der Waals surface area contributed by atoms with E-state index in [-0.39, 0.29) is 5.56 Å². The number of hydrogen-bond donors (Lipinski definition) is 2. The maximum absolute atomic E-state index is 12.0. The van der Waals surface area contributed by atoms with Crippen molar-refractivity contribution in [1.29, 1.82) is 0 Å². The molecule has 0 unspecified atom stereocenters. The Morgan fingerprint density at radius 2 is 1.21 bits per heavy atom. The predicted molar refractivity (Wildman–Crippen MR) is 84.4 cm³/mol. The highest BCUT2D eigenvalue weighted by Crippen LogP contribution is 2.18. The summed E-state index contributed by atoms with van der Waals surface area (Å²) in [6.45, 7) is 0. The van der Waals surface area contributed by atoms with Crippen molar-refractivity contribution in [1.82, 2.24) is 18.3 Å². The van der Waals surface area contributed by atoms with E-state index in [1.54, 1.807) is 0 Å². The first-order chi connectivity index (χ1) is 11.1. The molecule has 0 atom stereocenters. The molecule has 11 nitrogen and oxygen atoms in total. The Labute approximate surface area is 133 Å². The molecule has 11 heteroatoms. The third-order valence-corrected chi connectivity index (χ3v) is 3.60. The van der Waals surface area contributed by atoms with Gasteiger partial charge in [-0.05, 0) is 0 Å². The molecule has 0 aliphatic carbocycles. The second kappa shape index (κ2) is 5.68. The van der Waals surface area contributed by atoms with E-state index in [1.807, 2.05) is 0 Å². The SMILES string of the molecule is Cn1c(O)c(C=Nc2c(O)n(C)c(=O)n(C)c2=O)c(=O)n(C)c1=O. The summed E-state index contributed by atoms with van der Waals surface area (Å²) in [5, 5.41) is 19.8. The quantitative estimate of drug-likeness (QED) is 0.588. The van der Waals surface area contributed by atoms with Crippen LogP contribution in [0.2, 0.25) is 0 Å². The summed E-state index contributed by atoms with van der Waals surface area (Å²) < 4.78 is 3.10. The van der Waals surface area contributed by atoms with Gasteiger partial charge in [0, 0.05) is 34.4 Å². The van der Waals surface area contributed by atoms with Crippen molar-refractivity contribution in [3.05, 3.63) is 47.2 Å². The highest BCUT2D eigenvalue weighted by atomic mass is 16.3. The third kappa shape index (κ3) is 2.35. The van der Waals surface area contributed by atoms with Gasteiger partial charge in [-0.1, -0.05) is 0 Å². The Kier molecular flexibility index (Phi) is 4.02. The van der Waals surface area contributed by atoms with E-state index < -0.39 is 39.9 Å². The maximum Gasteiger partial charge on any atom is 0.333 e. The summed E-state index contributed by atoms with van der Waals surface area (Å²) in [5.74, 6) is -1.34. The fraction of sp³-hybridized carbons (Fsp3) is 0.308. The molecule has 0 spiro atoms. The monoisotopic (exact) mass is 337 g/mol. The van der Waals surface area contributed by atoms with Crippen molar-refractivity contribution in [2.45, 2.75) is 0 Å². The van der Waals surface area contributed by atoms with Gasteiger partial charge in [-0.15, -0.1) is 0 Å². The summed E-state index contributed by atoms with van der Waals surface area (Å²) in [6, 6.07) is 0. The van der Waals surface area contributed by atoms with E-state index in [4.69, 9.17) is 0 Å². The number of hydrogen-bond acceptors (Lipinski definition) is 7. The molecule has 0 amide bonds. The first-order valence-corrected chi connectivity index (χ1v) is 6.61. The molecule has 24 heavy (non-hydrogen) atoms. The van der Waals surface area contributed by atoms with E-state index in [2.05, 4.69) is 4.99 Å². The van der Waals surface area contributed by atoms with E-state index in [9.17, 15) is 29.4 Å². The molecule has 0 saturated carbocycles. The standard InChI is InChI=1S/C13H15N5O6/c1-15-8(19)6(9(20)16(2)12(15)23)5-14-7-10(21)17(3)13(24)18(4)11(7)22/h5,19,21H,1-4H3. The number of aliphatic imine (C=N–C) groups is 1. The molecule has 0 bridgehead atoms. The Morgan fingerprint density at radius 1 is 0.750 bits per heavy atom. The first kappa shape index (κ1) is 17.0. The van der Waals surface area contributed by atoms with Crippen LogP contribution >= 0.6 is 0 Å². The lowest BCUT2D eigenvalue weighted by Crippen LogP contribution is -2.38. The number of aromatic nitrogens is 4. The van der Waals surface area contributed by atoms with E-state index in [0.717, 1.165) is 24.5 Å². The van der Waals surface area contributed by atoms with Gasteiger partial charge < -0.3 is 10.2 Å². The van der Waals surface area contributed by atoms with Crippen LogP contribution in [0, 0.1) is 0 Å². The summed E-state index contributed by atoms with van der Waals surface area (Å²) in [7, 11) is 4.89. The van der Waals surface area contributed by atoms with Gasteiger partial charge in [0.2, 0.25) is 11.8 Å². The number of rotatable bonds is 2. The molecule has 0 fully saturated rings. The Balaban J connectivity index is 2.77. The second-order valence-electron chi connectivity index (χ2n) is 5.08. The topological polar surface area (TPSA) is 141 Å². The highest BCUT2D eigenvalue weighted by Gasteiger charge is 2.16. The van der Waals surface area contributed by atoms with Gasteiger partial charge >= 0.3 is 11.4 Å². The Hall–Kier alpha value is -3.37. The molecular formula is C13H15N5O6. The van der Waals surface area contributed by atoms with Crippen molar-refractivity contribution in [3.63, 3.8) is 0 Å². The molecule has 2 rings (SSSR count). The van der Waals surface area contributed by atoms with Crippen LogP contribution in [0.15, 0.2) is 24.2 Å². The van der Waals surface area contributed by atoms with Crippen LogP contribution in [-0.2, 0) is 28.2 Å². The molecule has 2 aromatic rings. The van der Waals surface area contributed by atoms with E-state index in [0.29, 0.717) is 0 Å². The lowest BCUT2D eigenvalue weighted by molar-refractivity contribution is 0.410. The molecule has 2 N–H and O–H groups in total. The van der Waals surface area contributed by atoms with Crippen molar-refractivity contribution in [2.24, 2.45) is 33.2 Å². The van der Waals surface area contributed by atoms with Gasteiger partial charge in [-0.2, -0.15) is 0 Å². The average molecular weight is 337 g/mol. The molecule has 0 saturated heterocycles. The van der Waals surface area contributed by atoms with Crippen molar-refractivity contribution >= 4 is 11.9 Å². The van der Waals surface area contributed by atoms with Gasteiger partial charge in [0.25, 0.3) is 11.1 Å². The van der Waals surface area contributed by atoms with Gasteiger partial charge in [-0.25, -0.2) is 14.6 Å². The summed E-state index contributed by atoms with van der Waals surface area (Å²) in [4.78, 5) is 51.1. The van der Waals surface area contributed by atoms with Crippen LogP contribution in [0.4, 0.5) is 5.69 Å². The van der Waals surface area contributed by atoms with E-state index >= 15 is 0 Å². The van der Waals surface area contributed by atoms with Crippen LogP contribution in [0.5, 0.6) is 11.8 Å². The Bertz CT molecular complexity index is 1010. The fourth-order valence-electron chi connectivity index (χ4n) is 2.03. The molecule has 128 valence electrons. The smallest absolute Gasteiger partial charge is 0.333 e. The largest absolute Gasteiger partial charge is 0.494 e. The molecule has 0 aliphatic rings. The minimum absolute atomic E-state index is 0.352. The van der Waals surface area contributed by atoms with Crippen molar-refractivity contribution in [2.75, 3.05) is 0 Å². The molecule has 0 radical (unpaired) electrons. The summed E-state index contributed by atoms with van der Waals surface area (Å²) in [6.07, 6.45) is 0.845. The summed E-state index contributed by atoms with van der Waals surface area (Å²) in [5.41, 5.74) is -4.05. The zero-order valence-electron chi connectivity index (χ0n) is 13.3. The van der Waals surface area contributed by atoms with Crippen LogP contribution in [0.25, 0.3) is 0 Å². The van der Waals surface area contributed by atoms with Crippen molar-refractivity contribution in [3.8, 4) is 11.8 Å². The lowest BCUT2D eigenvalue weighted by atomic mass is 10.3. The van der Waals surface area contributed by atoms with Gasteiger partial charge in [0.1, 0.15) is 5.56 Å². The number of aromatic hydroxyl groups is 2. The highest BCUT2D eigenvalue weighted by molar-refractivity contribution is 5.84. The first-order valence-electron chi connectivity index (χ1n) is 6.61. The number of nitrogens with zero attached hydrogens (tertiary/aromatic N) is 5. The normalized spacial score (nSPS) is 11.3. The van der Waals surface area contributed by atoms with Gasteiger partial charge in [0.05, 0.1) is 0 Å². The predicted octanol–water partition coefficient (Wildman–Crippen LogP) is -2.36. The molecule has 0 aliphatic heterocycles. The minimum atomic E-state index is -0.881. The summed E-state index contributed by atoms with van der Waals surface area (Å²) >= 11 is 0. The van der Waals surface area contributed by atoms with Crippen molar-refractivity contribution < 1.29 is 10.2 Å². The van der Waals surface area contributed by atoms with Gasteiger partial charge in [-0.3, -0.25) is 27.9 Å². The third-order valence-electron chi connectivity index (χ3n) is 3.60. The zero-order chi connectivity index (χ0) is 18.3. The second-order valence-corrected chi connectivity index (χ2v) is 5.08. The lowest BCUT2D eigenvalue weighted by Gasteiger charge is -2.08. The maximum atomic E-state index is 12.0. The van der Waals surface area contributed by atoms with Crippen LogP contribution in [-0.4, -0.2) is 34.7 Å². The zero-order valence-corrected chi connectivity index (χ0v) is 13.3. The molecule has 0 aromatic carbocycles. The van der Waals surface area contributed by atoms with Gasteiger partial charge in [0.15, 0.2) is 5.69 Å².